The van der Waals surface area contributed by atoms with E-state index >= 15 is 0 Å². The molecule has 1 aliphatic heterocycles. The normalized spacial score (nSPS) is 13.2. The van der Waals surface area contributed by atoms with Crippen LogP contribution in [0.15, 0.2) is 78.9 Å². The van der Waals surface area contributed by atoms with E-state index in [1.54, 1.807) is 0 Å². The van der Waals surface area contributed by atoms with E-state index in [9.17, 15) is 9.59 Å². The summed E-state index contributed by atoms with van der Waals surface area (Å²) in [4.78, 5) is 25.1. The molecule has 3 aromatic rings. The van der Waals surface area contributed by atoms with E-state index in [1.165, 1.54) is 22.3 Å². The molecule has 4 rings (SSSR count). The zero-order chi connectivity index (χ0) is 22.9. The maximum atomic E-state index is 12.7. The van der Waals surface area contributed by atoms with Crippen LogP contribution in [0.2, 0.25) is 0 Å². The highest BCUT2D eigenvalue weighted by atomic mass is 16.2. The van der Waals surface area contributed by atoms with Crippen LogP contribution < -0.4 is 10.6 Å². The Morgan fingerprint density at radius 3 is 2.09 bits per heavy atom. The van der Waals surface area contributed by atoms with Crippen molar-refractivity contribution in [3.8, 4) is 0 Å². The predicted molar refractivity (Wildman–Crippen MR) is 133 cm³/mol. The van der Waals surface area contributed by atoms with Crippen LogP contribution in [0.5, 0.6) is 0 Å². The van der Waals surface area contributed by atoms with Gasteiger partial charge in [-0.25, -0.2) is 0 Å². The summed E-state index contributed by atoms with van der Waals surface area (Å²) in [6.45, 7) is 2.50. The van der Waals surface area contributed by atoms with Gasteiger partial charge in [0, 0.05) is 30.9 Å². The fraction of sp³-hybridized carbons (Fsp3) is 0.310. The molecule has 0 atom stereocenters. The molecule has 0 unspecified atom stereocenters. The Kier molecular flexibility index (Phi) is 8.04. The molecule has 0 radical (unpaired) electrons. The van der Waals surface area contributed by atoms with Gasteiger partial charge in [0.2, 0.25) is 5.91 Å². The monoisotopic (exact) mass is 440 g/mol. The maximum Gasteiger partial charge on any atom is 0.220 e. The van der Waals surface area contributed by atoms with Gasteiger partial charge in [-0.3, -0.25) is 9.59 Å². The van der Waals surface area contributed by atoms with Gasteiger partial charge in [0.15, 0.2) is 5.78 Å². The summed E-state index contributed by atoms with van der Waals surface area (Å²) < 4.78 is 0. The Balaban J connectivity index is 1.28. The number of carbonyl (C=O) groups excluding carboxylic acids is 2. The van der Waals surface area contributed by atoms with Crippen molar-refractivity contribution in [2.24, 2.45) is 0 Å². The quantitative estimate of drug-likeness (QED) is 0.475. The summed E-state index contributed by atoms with van der Waals surface area (Å²) in [5.74, 6) is 0.196. The maximum absolute atomic E-state index is 12.7. The van der Waals surface area contributed by atoms with Gasteiger partial charge < -0.3 is 10.6 Å². The van der Waals surface area contributed by atoms with Crippen LogP contribution in [-0.2, 0) is 17.6 Å². The molecule has 2 N–H and O–H groups in total. The van der Waals surface area contributed by atoms with E-state index in [-0.39, 0.29) is 30.4 Å². The van der Waals surface area contributed by atoms with E-state index in [0.29, 0.717) is 6.54 Å². The minimum Gasteiger partial charge on any atom is -0.356 e. The van der Waals surface area contributed by atoms with Crippen molar-refractivity contribution >= 4 is 11.7 Å². The van der Waals surface area contributed by atoms with Gasteiger partial charge in [0.1, 0.15) is 0 Å². The third-order valence-electron chi connectivity index (χ3n) is 6.41. The molecule has 170 valence electrons. The van der Waals surface area contributed by atoms with Crippen molar-refractivity contribution in [3.05, 3.63) is 107 Å². The van der Waals surface area contributed by atoms with E-state index < -0.39 is 0 Å². The second-order valence-corrected chi connectivity index (χ2v) is 8.67. The van der Waals surface area contributed by atoms with Crippen molar-refractivity contribution in [2.75, 3.05) is 19.6 Å². The first-order valence-electron chi connectivity index (χ1n) is 11.9. The summed E-state index contributed by atoms with van der Waals surface area (Å²) in [6.07, 6.45) is 3.22. The second kappa shape index (κ2) is 11.6. The van der Waals surface area contributed by atoms with Gasteiger partial charge in [-0.1, -0.05) is 72.8 Å². The fourth-order valence-corrected chi connectivity index (χ4v) is 4.56. The third kappa shape index (κ3) is 6.39. The number of hydrogen-bond acceptors (Lipinski definition) is 3. The molecule has 4 heteroatoms. The molecule has 0 saturated carbocycles. The van der Waals surface area contributed by atoms with Crippen LogP contribution in [0, 0.1) is 0 Å². The van der Waals surface area contributed by atoms with Gasteiger partial charge in [-0.2, -0.15) is 0 Å². The van der Waals surface area contributed by atoms with Gasteiger partial charge in [-0.05, 0) is 60.7 Å². The Morgan fingerprint density at radius 1 is 0.788 bits per heavy atom. The summed E-state index contributed by atoms with van der Waals surface area (Å²) in [7, 11) is 0. The van der Waals surface area contributed by atoms with E-state index in [0.717, 1.165) is 37.9 Å². The number of hydrogen-bond donors (Lipinski definition) is 2. The average molecular weight is 441 g/mol. The van der Waals surface area contributed by atoms with E-state index in [1.807, 2.05) is 24.3 Å². The standard InChI is InChI=1S/C29H32N2O2/c32-28(26-12-11-22-15-18-30-19-16-25(22)21-26)13-14-29(33)31-20-17-27(23-7-3-1-4-8-23)24-9-5-2-6-10-24/h1-12,21,27,30H,13-20H2,(H,31,33). The van der Waals surface area contributed by atoms with Crippen molar-refractivity contribution in [1.82, 2.24) is 10.6 Å². The smallest absolute Gasteiger partial charge is 0.220 e. The molecule has 33 heavy (non-hydrogen) atoms. The SMILES string of the molecule is O=C(CCC(=O)c1ccc2c(c1)CCNCC2)NCCC(c1ccccc1)c1ccccc1. The Labute approximate surface area is 196 Å². The molecule has 0 spiro atoms. The fourth-order valence-electron chi connectivity index (χ4n) is 4.56. The van der Waals surface area contributed by atoms with Crippen LogP contribution in [0.4, 0.5) is 0 Å². The van der Waals surface area contributed by atoms with Crippen LogP contribution in [0.25, 0.3) is 0 Å². The number of benzene rings is 3. The average Bonchev–Trinajstić information content (AvgIpc) is 3.11. The number of rotatable bonds is 9. The summed E-state index contributed by atoms with van der Waals surface area (Å²) in [5, 5.41) is 6.41. The van der Waals surface area contributed by atoms with Gasteiger partial charge in [0.05, 0.1) is 0 Å². The third-order valence-corrected chi connectivity index (χ3v) is 6.41. The summed E-state index contributed by atoms with van der Waals surface area (Å²) in [5.41, 5.74) is 5.78. The Bertz CT molecular complexity index is 1020. The topological polar surface area (TPSA) is 58.2 Å². The zero-order valence-corrected chi connectivity index (χ0v) is 19.1. The minimum atomic E-state index is -0.0674. The molecule has 0 bridgehead atoms. The molecule has 1 aliphatic rings. The molecule has 3 aromatic carbocycles. The van der Waals surface area contributed by atoms with Crippen molar-refractivity contribution in [2.45, 2.75) is 38.0 Å². The molecular formula is C29H32N2O2. The molecule has 4 nitrogen and oxygen atoms in total. The van der Waals surface area contributed by atoms with Gasteiger partial charge >= 0.3 is 0 Å². The van der Waals surface area contributed by atoms with E-state index in [4.69, 9.17) is 0 Å². The van der Waals surface area contributed by atoms with Crippen molar-refractivity contribution < 1.29 is 9.59 Å². The molecule has 1 heterocycles. The zero-order valence-electron chi connectivity index (χ0n) is 19.1. The first kappa shape index (κ1) is 22.9. The number of Topliss-reactive ketones (excluding diaryl/α,β-unsaturated/α-hetero) is 1. The summed E-state index contributed by atoms with van der Waals surface area (Å²) >= 11 is 0. The number of carbonyl (C=O) groups is 2. The molecule has 1 amide bonds. The van der Waals surface area contributed by atoms with Gasteiger partial charge in [-0.15, -0.1) is 0 Å². The first-order valence-corrected chi connectivity index (χ1v) is 11.9. The molecule has 0 saturated heterocycles. The predicted octanol–water partition coefficient (Wildman–Crippen LogP) is 4.68. The lowest BCUT2D eigenvalue weighted by atomic mass is 9.88. The molecule has 0 fully saturated rings. The number of fused-ring (bicyclic) bond motifs is 1. The molecule has 0 aromatic heterocycles. The largest absolute Gasteiger partial charge is 0.356 e. The lowest BCUT2D eigenvalue weighted by Crippen LogP contribution is -2.26. The minimum absolute atomic E-state index is 0.0385. The van der Waals surface area contributed by atoms with Crippen molar-refractivity contribution in [3.63, 3.8) is 0 Å². The lowest BCUT2D eigenvalue weighted by molar-refractivity contribution is -0.121. The Morgan fingerprint density at radius 2 is 1.42 bits per heavy atom. The van der Waals surface area contributed by atoms with Crippen LogP contribution >= 0.6 is 0 Å². The van der Waals surface area contributed by atoms with Crippen LogP contribution in [-0.4, -0.2) is 31.3 Å². The summed E-state index contributed by atoms with van der Waals surface area (Å²) in [6, 6.07) is 26.8. The highest BCUT2D eigenvalue weighted by Gasteiger charge is 2.16. The Hall–Kier alpha value is -3.24. The molecule has 0 aliphatic carbocycles. The van der Waals surface area contributed by atoms with Gasteiger partial charge in [0.25, 0.3) is 0 Å². The second-order valence-electron chi connectivity index (χ2n) is 8.67. The number of amides is 1. The van der Waals surface area contributed by atoms with E-state index in [2.05, 4.69) is 65.2 Å². The number of ketones is 1. The highest BCUT2D eigenvalue weighted by molar-refractivity contribution is 5.98. The highest BCUT2D eigenvalue weighted by Crippen LogP contribution is 2.27. The van der Waals surface area contributed by atoms with Crippen LogP contribution in [0.3, 0.4) is 0 Å². The molecular weight excluding hydrogens is 408 g/mol. The van der Waals surface area contributed by atoms with Crippen molar-refractivity contribution in [1.29, 1.82) is 0 Å². The first-order chi connectivity index (χ1) is 16.2. The van der Waals surface area contributed by atoms with Crippen LogP contribution in [0.1, 0.15) is 57.8 Å². The number of nitrogens with one attached hydrogen (secondary N) is 2. The lowest BCUT2D eigenvalue weighted by Gasteiger charge is -2.18.